The third-order valence-corrected chi connectivity index (χ3v) is 4.00. The second-order valence-corrected chi connectivity index (χ2v) is 5.28. The number of rotatable bonds is 4. The molecule has 1 fully saturated rings. The lowest BCUT2D eigenvalue weighted by molar-refractivity contribution is 0.401. The fraction of sp³-hybridized carbons (Fsp3) is 0.786. The average Bonchev–Trinajstić information content (AvgIpc) is 2.37. The highest BCUT2D eigenvalue weighted by Crippen LogP contribution is 2.18. The monoisotopic (exact) mass is 252 g/mol. The topological polar surface area (TPSA) is 24.1 Å². The molecule has 0 bridgehead atoms. The SMILES string of the molecule is C#CC(CC)(CC)NC(=S)NC1CCCCC1. The van der Waals surface area contributed by atoms with Gasteiger partial charge in [0.15, 0.2) is 5.11 Å². The largest absolute Gasteiger partial charge is 0.360 e. The Morgan fingerprint density at radius 2 is 1.88 bits per heavy atom. The van der Waals surface area contributed by atoms with Crippen LogP contribution in [0.5, 0.6) is 0 Å². The van der Waals surface area contributed by atoms with Crippen LogP contribution in [0.1, 0.15) is 58.8 Å². The molecule has 1 aliphatic rings. The van der Waals surface area contributed by atoms with E-state index >= 15 is 0 Å². The summed E-state index contributed by atoms with van der Waals surface area (Å²) in [5, 5.41) is 7.43. The quantitative estimate of drug-likeness (QED) is 0.594. The molecule has 0 atom stereocenters. The predicted octanol–water partition coefficient (Wildman–Crippen LogP) is 2.98. The van der Waals surface area contributed by atoms with Crippen LogP contribution in [0.15, 0.2) is 0 Å². The maximum atomic E-state index is 5.61. The molecular weight excluding hydrogens is 228 g/mol. The molecule has 0 radical (unpaired) electrons. The van der Waals surface area contributed by atoms with Crippen molar-refractivity contribution < 1.29 is 0 Å². The first-order valence-electron chi connectivity index (χ1n) is 6.72. The zero-order chi connectivity index (χ0) is 12.7. The minimum atomic E-state index is -0.279. The average molecular weight is 252 g/mol. The van der Waals surface area contributed by atoms with Gasteiger partial charge in [0.2, 0.25) is 0 Å². The van der Waals surface area contributed by atoms with Crippen molar-refractivity contribution in [2.45, 2.75) is 70.4 Å². The van der Waals surface area contributed by atoms with Gasteiger partial charge in [-0.25, -0.2) is 0 Å². The molecule has 0 aromatic rings. The van der Waals surface area contributed by atoms with Gasteiger partial charge in [-0.2, -0.15) is 0 Å². The first-order valence-corrected chi connectivity index (χ1v) is 7.13. The molecule has 0 amide bonds. The summed E-state index contributed by atoms with van der Waals surface area (Å²) in [6.07, 6.45) is 13.8. The second kappa shape index (κ2) is 6.86. The number of thiocarbonyl (C=S) groups is 1. The highest BCUT2D eigenvalue weighted by Gasteiger charge is 2.24. The van der Waals surface area contributed by atoms with E-state index in [-0.39, 0.29) is 5.54 Å². The van der Waals surface area contributed by atoms with Crippen molar-refractivity contribution in [3.8, 4) is 12.3 Å². The van der Waals surface area contributed by atoms with Gasteiger partial charge in [-0.05, 0) is 37.9 Å². The fourth-order valence-corrected chi connectivity index (χ4v) is 2.71. The van der Waals surface area contributed by atoms with Gasteiger partial charge in [0.05, 0.1) is 5.54 Å². The fourth-order valence-electron chi connectivity index (χ4n) is 2.35. The molecule has 3 heteroatoms. The van der Waals surface area contributed by atoms with Crippen LogP contribution in [0.4, 0.5) is 0 Å². The van der Waals surface area contributed by atoms with Crippen molar-refractivity contribution in [3.05, 3.63) is 0 Å². The second-order valence-electron chi connectivity index (χ2n) is 4.87. The van der Waals surface area contributed by atoms with Crippen LogP contribution >= 0.6 is 12.2 Å². The molecule has 0 aromatic heterocycles. The maximum absolute atomic E-state index is 5.61. The number of nitrogens with one attached hydrogen (secondary N) is 2. The zero-order valence-corrected chi connectivity index (χ0v) is 11.8. The molecular formula is C14H24N2S. The first-order chi connectivity index (χ1) is 8.15. The summed E-state index contributed by atoms with van der Waals surface area (Å²) < 4.78 is 0. The summed E-state index contributed by atoms with van der Waals surface area (Å²) in [6, 6.07) is 0.535. The molecule has 0 heterocycles. The van der Waals surface area contributed by atoms with Crippen molar-refractivity contribution in [2.75, 3.05) is 0 Å². The van der Waals surface area contributed by atoms with Crippen LogP contribution in [0, 0.1) is 12.3 Å². The summed E-state index contributed by atoms with van der Waals surface area (Å²) in [5.74, 6) is 2.84. The van der Waals surface area contributed by atoms with Gasteiger partial charge in [-0.1, -0.05) is 39.0 Å². The molecule has 1 aliphatic carbocycles. The molecule has 17 heavy (non-hydrogen) atoms. The number of hydrogen-bond acceptors (Lipinski definition) is 1. The van der Waals surface area contributed by atoms with E-state index in [0.29, 0.717) is 6.04 Å². The molecule has 0 saturated heterocycles. The summed E-state index contributed by atoms with van der Waals surface area (Å²) in [4.78, 5) is 0. The third-order valence-electron chi connectivity index (χ3n) is 3.78. The standard InChI is InChI=1S/C14H24N2S/c1-4-14(5-2,6-3)16-13(17)15-12-10-8-7-9-11-12/h1,12H,5-11H2,2-3H3,(H2,15,16,17). The van der Waals surface area contributed by atoms with E-state index in [1.807, 2.05) is 0 Å². The minimum Gasteiger partial charge on any atom is -0.360 e. The zero-order valence-electron chi connectivity index (χ0n) is 11.0. The van der Waals surface area contributed by atoms with Crippen LogP contribution < -0.4 is 10.6 Å². The Hall–Kier alpha value is -0.750. The van der Waals surface area contributed by atoms with Crippen LogP contribution in [0.3, 0.4) is 0 Å². The van der Waals surface area contributed by atoms with Gasteiger partial charge in [-0.15, -0.1) is 6.42 Å². The molecule has 0 spiro atoms. The summed E-state index contributed by atoms with van der Waals surface area (Å²) in [5.41, 5.74) is -0.279. The van der Waals surface area contributed by atoms with Crippen molar-refractivity contribution in [3.63, 3.8) is 0 Å². The van der Waals surface area contributed by atoms with Gasteiger partial charge >= 0.3 is 0 Å². The molecule has 96 valence electrons. The Kier molecular flexibility index (Phi) is 5.77. The van der Waals surface area contributed by atoms with E-state index in [4.69, 9.17) is 18.6 Å². The van der Waals surface area contributed by atoms with Crippen molar-refractivity contribution in [1.29, 1.82) is 0 Å². The lowest BCUT2D eigenvalue weighted by atomic mass is 9.94. The summed E-state index contributed by atoms with van der Waals surface area (Å²) >= 11 is 5.36. The first kappa shape index (κ1) is 14.3. The van der Waals surface area contributed by atoms with E-state index in [2.05, 4.69) is 30.4 Å². The molecule has 0 aromatic carbocycles. The summed E-state index contributed by atoms with van der Waals surface area (Å²) in [7, 11) is 0. The molecule has 2 nitrogen and oxygen atoms in total. The van der Waals surface area contributed by atoms with Crippen LogP contribution in [0.25, 0.3) is 0 Å². The van der Waals surface area contributed by atoms with E-state index in [1.54, 1.807) is 0 Å². The van der Waals surface area contributed by atoms with E-state index in [0.717, 1.165) is 18.0 Å². The van der Waals surface area contributed by atoms with Gasteiger partial charge < -0.3 is 10.6 Å². The van der Waals surface area contributed by atoms with Crippen LogP contribution in [-0.2, 0) is 0 Å². The third kappa shape index (κ3) is 4.20. The maximum Gasteiger partial charge on any atom is 0.167 e. The van der Waals surface area contributed by atoms with E-state index in [9.17, 15) is 0 Å². The normalized spacial score (nSPS) is 17.2. The van der Waals surface area contributed by atoms with Gasteiger partial charge in [0.1, 0.15) is 0 Å². The highest BCUT2D eigenvalue weighted by atomic mass is 32.1. The Morgan fingerprint density at radius 1 is 1.29 bits per heavy atom. The highest BCUT2D eigenvalue weighted by molar-refractivity contribution is 7.80. The Labute approximate surface area is 111 Å². The van der Waals surface area contributed by atoms with Gasteiger partial charge in [-0.3, -0.25) is 0 Å². The molecule has 0 unspecified atom stereocenters. The van der Waals surface area contributed by atoms with Gasteiger partial charge in [0.25, 0.3) is 0 Å². The Bertz CT molecular complexity index is 283. The molecule has 1 saturated carbocycles. The molecule has 0 aliphatic heterocycles. The lowest BCUT2D eigenvalue weighted by Gasteiger charge is -2.31. The molecule has 1 rings (SSSR count). The van der Waals surface area contributed by atoms with Crippen LogP contribution in [0.2, 0.25) is 0 Å². The van der Waals surface area contributed by atoms with Crippen molar-refractivity contribution >= 4 is 17.3 Å². The Morgan fingerprint density at radius 3 is 2.35 bits per heavy atom. The van der Waals surface area contributed by atoms with E-state index in [1.165, 1.54) is 32.1 Å². The predicted molar refractivity (Wildman–Crippen MR) is 77.9 cm³/mol. The minimum absolute atomic E-state index is 0.279. The van der Waals surface area contributed by atoms with Crippen LogP contribution in [-0.4, -0.2) is 16.7 Å². The Balaban J connectivity index is 2.45. The van der Waals surface area contributed by atoms with Gasteiger partial charge in [0, 0.05) is 6.04 Å². The smallest absolute Gasteiger partial charge is 0.167 e. The summed E-state index contributed by atoms with van der Waals surface area (Å²) in [6.45, 7) is 4.19. The van der Waals surface area contributed by atoms with E-state index < -0.39 is 0 Å². The molecule has 2 N–H and O–H groups in total. The lowest BCUT2D eigenvalue weighted by Crippen LogP contribution is -2.52. The van der Waals surface area contributed by atoms with Crippen molar-refractivity contribution in [2.24, 2.45) is 0 Å². The number of terminal acetylenes is 1. The van der Waals surface area contributed by atoms with Crippen molar-refractivity contribution in [1.82, 2.24) is 10.6 Å². The number of hydrogen-bond donors (Lipinski definition) is 2.